The van der Waals surface area contributed by atoms with Gasteiger partial charge in [-0.05, 0) is 0 Å². The van der Waals surface area contributed by atoms with Gasteiger partial charge < -0.3 is 10.5 Å². The number of rotatable bonds is 3. The van der Waals surface area contributed by atoms with Crippen molar-refractivity contribution in [2.24, 2.45) is 5.73 Å². The second-order valence-electron chi connectivity index (χ2n) is 2.85. The van der Waals surface area contributed by atoms with E-state index in [9.17, 15) is 18.0 Å². The van der Waals surface area contributed by atoms with Crippen LogP contribution in [0.1, 0.15) is 28.0 Å². The number of hydrogen-bond donors (Lipinski definition) is 1. The number of esters is 1. The molecule has 1 aromatic heterocycles. The van der Waals surface area contributed by atoms with Crippen LogP contribution in [0.5, 0.6) is 0 Å². The van der Waals surface area contributed by atoms with E-state index in [1.807, 2.05) is 0 Å². The van der Waals surface area contributed by atoms with Crippen molar-refractivity contribution in [1.82, 2.24) is 4.98 Å². The first kappa shape index (κ1) is 12.4. The number of aromatic nitrogens is 1. The van der Waals surface area contributed by atoms with E-state index in [2.05, 4.69) is 9.72 Å². The van der Waals surface area contributed by atoms with Gasteiger partial charge >= 0.3 is 5.97 Å². The van der Waals surface area contributed by atoms with Crippen LogP contribution in [0.3, 0.4) is 0 Å². The normalized spacial score (nSPS) is 10.6. The molecule has 88 valence electrons. The Bertz CT molecular complexity index is 410. The molecule has 0 aromatic carbocycles. The van der Waals surface area contributed by atoms with Crippen molar-refractivity contribution >= 4 is 5.97 Å². The summed E-state index contributed by atoms with van der Waals surface area (Å²) in [6, 6.07) is 0.604. The lowest BCUT2D eigenvalue weighted by molar-refractivity contribution is 0.0587. The van der Waals surface area contributed by atoms with Crippen LogP contribution in [-0.2, 0) is 11.3 Å². The average molecular weight is 234 g/mol. The van der Waals surface area contributed by atoms with Gasteiger partial charge in [0, 0.05) is 12.6 Å². The minimum Gasteiger partial charge on any atom is -0.465 e. The molecule has 0 unspecified atom stereocenters. The molecule has 2 N–H and O–H groups in total. The summed E-state index contributed by atoms with van der Waals surface area (Å²) < 4.78 is 42.6. The minimum absolute atomic E-state index is 0.351. The molecule has 0 amide bonds. The van der Waals surface area contributed by atoms with E-state index < -0.39 is 29.5 Å². The molecule has 0 saturated carbocycles. The van der Waals surface area contributed by atoms with Gasteiger partial charge in [-0.15, -0.1) is 0 Å². The van der Waals surface area contributed by atoms with Crippen molar-refractivity contribution in [3.8, 4) is 0 Å². The Morgan fingerprint density at radius 1 is 1.62 bits per heavy atom. The van der Waals surface area contributed by atoms with E-state index in [-0.39, 0.29) is 12.2 Å². The molecule has 0 bridgehead atoms. The number of pyridine rings is 1. The molecule has 1 rings (SSSR count). The molecule has 0 saturated heterocycles. The molecular weight excluding hydrogens is 225 g/mol. The van der Waals surface area contributed by atoms with Gasteiger partial charge in [-0.25, -0.2) is 18.6 Å². The third kappa shape index (κ3) is 2.30. The van der Waals surface area contributed by atoms with Crippen molar-refractivity contribution in [1.29, 1.82) is 0 Å². The summed E-state index contributed by atoms with van der Waals surface area (Å²) >= 11 is 0. The molecule has 7 heteroatoms. The Labute approximate surface area is 89.2 Å². The number of carbonyl (C=O) groups excluding carboxylic acids is 1. The molecule has 0 aliphatic carbocycles. The van der Waals surface area contributed by atoms with Gasteiger partial charge in [0.2, 0.25) is 5.95 Å². The van der Waals surface area contributed by atoms with Crippen molar-refractivity contribution in [2.45, 2.75) is 13.0 Å². The fraction of sp³-hybridized carbons (Fsp3) is 0.333. The van der Waals surface area contributed by atoms with Crippen molar-refractivity contribution < 1.29 is 22.7 Å². The lowest BCUT2D eigenvalue weighted by Crippen LogP contribution is -2.14. The van der Waals surface area contributed by atoms with Gasteiger partial charge in [-0.1, -0.05) is 0 Å². The Hall–Kier alpha value is -1.63. The number of alkyl halides is 2. The van der Waals surface area contributed by atoms with E-state index in [1.54, 1.807) is 0 Å². The highest BCUT2D eigenvalue weighted by molar-refractivity contribution is 5.91. The maximum atomic E-state index is 12.9. The van der Waals surface area contributed by atoms with Crippen molar-refractivity contribution in [3.05, 3.63) is 28.8 Å². The molecule has 0 fully saturated rings. The fourth-order valence-electron chi connectivity index (χ4n) is 1.25. The summed E-state index contributed by atoms with van der Waals surface area (Å²) in [4.78, 5) is 14.4. The highest BCUT2D eigenvalue weighted by Crippen LogP contribution is 2.26. The van der Waals surface area contributed by atoms with Crippen LogP contribution in [-0.4, -0.2) is 18.1 Å². The summed E-state index contributed by atoms with van der Waals surface area (Å²) in [5.74, 6) is -2.10. The molecule has 0 radical (unpaired) electrons. The topological polar surface area (TPSA) is 65.2 Å². The van der Waals surface area contributed by atoms with E-state index in [0.29, 0.717) is 6.07 Å². The van der Waals surface area contributed by atoms with Crippen LogP contribution in [0, 0.1) is 5.95 Å². The van der Waals surface area contributed by atoms with Gasteiger partial charge in [0.1, 0.15) is 0 Å². The molecule has 0 aliphatic rings. The van der Waals surface area contributed by atoms with Gasteiger partial charge in [-0.3, -0.25) is 0 Å². The molecule has 16 heavy (non-hydrogen) atoms. The van der Waals surface area contributed by atoms with E-state index in [0.717, 1.165) is 7.11 Å². The van der Waals surface area contributed by atoms with Crippen LogP contribution < -0.4 is 5.73 Å². The fourth-order valence-corrected chi connectivity index (χ4v) is 1.25. The van der Waals surface area contributed by atoms with E-state index >= 15 is 0 Å². The Balaban J connectivity index is 3.44. The first-order valence-electron chi connectivity index (χ1n) is 4.27. The molecule has 0 spiro atoms. The van der Waals surface area contributed by atoms with Gasteiger partial charge in [0.25, 0.3) is 6.43 Å². The maximum absolute atomic E-state index is 12.9. The molecule has 0 atom stereocenters. The van der Waals surface area contributed by atoms with Crippen LogP contribution >= 0.6 is 0 Å². The monoisotopic (exact) mass is 234 g/mol. The summed E-state index contributed by atoms with van der Waals surface area (Å²) in [5, 5.41) is 0. The predicted molar refractivity (Wildman–Crippen MR) is 48.4 cm³/mol. The summed E-state index contributed by atoms with van der Waals surface area (Å²) in [5.41, 5.74) is 3.57. The van der Waals surface area contributed by atoms with Crippen molar-refractivity contribution in [3.63, 3.8) is 0 Å². The Morgan fingerprint density at radius 2 is 2.25 bits per heavy atom. The maximum Gasteiger partial charge on any atom is 0.338 e. The number of ether oxygens (including phenoxy) is 1. The standard InChI is InChI=1S/C9H9F3N2O2/c1-16-9(15)4-2-6(10)14-5(3-13)7(4)8(11)12/h2,8H,3,13H2,1H3. The summed E-state index contributed by atoms with van der Waals surface area (Å²) in [7, 11) is 1.01. The lowest BCUT2D eigenvalue weighted by Gasteiger charge is -2.10. The highest BCUT2D eigenvalue weighted by atomic mass is 19.3. The summed E-state index contributed by atoms with van der Waals surface area (Å²) in [6.07, 6.45) is -2.97. The lowest BCUT2D eigenvalue weighted by atomic mass is 10.1. The first-order valence-corrected chi connectivity index (χ1v) is 4.27. The molecular formula is C9H9F3N2O2. The first-order chi connectivity index (χ1) is 7.51. The third-order valence-electron chi connectivity index (χ3n) is 1.92. The second kappa shape index (κ2) is 4.93. The molecule has 1 aromatic rings. The number of hydrogen-bond acceptors (Lipinski definition) is 4. The number of halogens is 3. The Morgan fingerprint density at radius 3 is 2.69 bits per heavy atom. The van der Waals surface area contributed by atoms with Crippen LogP contribution in [0.15, 0.2) is 6.07 Å². The van der Waals surface area contributed by atoms with Gasteiger partial charge in [0.15, 0.2) is 0 Å². The Kier molecular flexibility index (Phi) is 3.83. The zero-order valence-corrected chi connectivity index (χ0v) is 8.34. The zero-order valence-electron chi connectivity index (χ0n) is 8.34. The van der Waals surface area contributed by atoms with Crippen molar-refractivity contribution in [2.75, 3.05) is 7.11 Å². The quantitative estimate of drug-likeness (QED) is 0.634. The summed E-state index contributed by atoms with van der Waals surface area (Å²) in [6.45, 7) is -0.387. The smallest absolute Gasteiger partial charge is 0.338 e. The number of nitrogens with zero attached hydrogens (tertiary/aromatic N) is 1. The van der Waals surface area contributed by atoms with Crippen LogP contribution in [0.25, 0.3) is 0 Å². The molecule has 0 aliphatic heterocycles. The van der Waals surface area contributed by atoms with Gasteiger partial charge in [0.05, 0.1) is 23.9 Å². The van der Waals surface area contributed by atoms with Crippen LogP contribution in [0.2, 0.25) is 0 Å². The molecule has 1 heterocycles. The van der Waals surface area contributed by atoms with E-state index in [1.165, 1.54) is 0 Å². The highest BCUT2D eigenvalue weighted by Gasteiger charge is 2.24. The molecule has 4 nitrogen and oxygen atoms in total. The van der Waals surface area contributed by atoms with Crippen LogP contribution in [0.4, 0.5) is 13.2 Å². The number of nitrogens with two attached hydrogens (primary N) is 1. The van der Waals surface area contributed by atoms with E-state index in [4.69, 9.17) is 5.73 Å². The third-order valence-corrected chi connectivity index (χ3v) is 1.92. The average Bonchev–Trinajstić information content (AvgIpc) is 2.26. The van der Waals surface area contributed by atoms with Gasteiger partial charge in [-0.2, -0.15) is 4.39 Å². The zero-order chi connectivity index (χ0) is 12.3. The number of methoxy groups -OCH3 is 1. The largest absolute Gasteiger partial charge is 0.465 e. The predicted octanol–water partition coefficient (Wildman–Crippen LogP) is 1.40. The SMILES string of the molecule is COC(=O)c1cc(F)nc(CN)c1C(F)F. The second-order valence-corrected chi connectivity index (χ2v) is 2.85. The number of carbonyl (C=O) groups is 1. The minimum atomic E-state index is -2.97.